The molecule has 132 valence electrons. The Morgan fingerprint density at radius 1 is 1.29 bits per heavy atom. The van der Waals surface area contributed by atoms with Crippen LogP contribution < -0.4 is 0 Å². The fraction of sp³-hybridized carbons (Fsp3) is 0.700. The number of Topliss-reactive ketones (excluding diaryl/α,β-unsaturated/α-hetero) is 1. The Morgan fingerprint density at radius 3 is 2.62 bits per heavy atom. The molecule has 2 saturated carbocycles. The molecule has 4 heteroatoms. The minimum Gasteiger partial charge on any atom is -0.432 e. The van der Waals surface area contributed by atoms with Gasteiger partial charge in [0.15, 0.2) is 0 Å². The monoisotopic (exact) mass is 332 g/mol. The van der Waals surface area contributed by atoms with Crippen LogP contribution >= 0.6 is 0 Å². The third-order valence-electron chi connectivity index (χ3n) is 6.49. The van der Waals surface area contributed by atoms with Gasteiger partial charge in [-0.2, -0.15) is 0 Å². The summed E-state index contributed by atoms with van der Waals surface area (Å²) in [6, 6.07) is 0. The maximum atomic E-state index is 12.8. The first-order chi connectivity index (χ1) is 11.1. The molecule has 0 aromatic heterocycles. The summed E-state index contributed by atoms with van der Waals surface area (Å²) in [5.41, 5.74) is 1.44. The molecule has 3 aliphatic rings. The molecule has 3 fully saturated rings. The molecule has 0 aromatic rings. The number of rotatable bonds is 2. The molecule has 0 spiro atoms. The van der Waals surface area contributed by atoms with Crippen LogP contribution in [-0.2, 0) is 14.3 Å². The Balaban J connectivity index is 1.89. The van der Waals surface area contributed by atoms with Crippen LogP contribution in [0.2, 0.25) is 0 Å². The van der Waals surface area contributed by atoms with Crippen LogP contribution in [0.25, 0.3) is 0 Å². The summed E-state index contributed by atoms with van der Waals surface area (Å²) >= 11 is 0. The molecular weight excluding hydrogens is 304 g/mol. The zero-order valence-electron chi connectivity index (χ0n) is 14.9. The van der Waals surface area contributed by atoms with E-state index in [1.54, 1.807) is 0 Å². The standard InChI is InChI=1S/C20H28O4/c1-12-10-15(21)17-19(2,3)8-5-9-20(17,4)14(12)7-6-13-11-16(22)24-18(13)23/h6,14,16-17,22H,1,5,7-11H2,2-4H3/b13-6+/t14-,16+,17-,20+/m0/s1. The summed E-state index contributed by atoms with van der Waals surface area (Å²) in [6.07, 6.45) is 5.49. The van der Waals surface area contributed by atoms with Crippen LogP contribution in [0.3, 0.4) is 0 Å². The van der Waals surface area contributed by atoms with E-state index in [-0.39, 0.29) is 29.1 Å². The van der Waals surface area contributed by atoms with Gasteiger partial charge in [-0.25, -0.2) is 4.79 Å². The lowest BCUT2D eigenvalue weighted by Gasteiger charge is -2.56. The van der Waals surface area contributed by atoms with Crippen LogP contribution in [0.4, 0.5) is 0 Å². The molecule has 4 nitrogen and oxygen atoms in total. The number of carbonyl (C=O) groups excluding carboxylic acids is 2. The summed E-state index contributed by atoms with van der Waals surface area (Å²) in [5.74, 6) is 0.143. The van der Waals surface area contributed by atoms with E-state index in [0.717, 1.165) is 24.8 Å². The molecule has 1 heterocycles. The van der Waals surface area contributed by atoms with Crippen molar-refractivity contribution < 1.29 is 19.4 Å². The van der Waals surface area contributed by atoms with Crippen molar-refractivity contribution in [2.24, 2.45) is 22.7 Å². The Kier molecular flexibility index (Phi) is 4.23. The molecule has 0 aromatic carbocycles. The summed E-state index contributed by atoms with van der Waals surface area (Å²) in [7, 11) is 0. The number of aliphatic hydroxyl groups is 1. The van der Waals surface area contributed by atoms with Gasteiger partial charge in [0, 0.05) is 24.3 Å². The second kappa shape index (κ2) is 5.83. The topological polar surface area (TPSA) is 63.6 Å². The summed E-state index contributed by atoms with van der Waals surface area (Å²) in [6.45, 7) is 10.8. The molecule has 0 bridgehead atoms. The Morgan fingerprint density at radius 2 is 2.00 bits per heavy atom. The van der Waals surface area contributed by atoms with Crippen molar-refractivity contribution in [2.75, 3.05) is 0 Å². The van der Waals surface area contributed by atoms with Crippen molar-refractivity contribution in [1.82, 2.24) is 0 Å². The SMILES string of the molecule is C=C1CC(=O)[C@H]2C(C)(C)CCC[C@]2(C)[C@H]1C/C=C1\C[C@H](O)OC1=O. The zero-order chi connectivity index (χ0) is 17.7. The average Bonchev–Trinajstić information content (AvgIpc) is 2.74. The van der Waals surface area contributed by atoms with Crippen LogP contribution in [0.5, 0.6) is 0 Å². The van der Waals surface area contributed by atoms with Crippen molar-refractivity contribution in [2.45, 2.75) is 65.6 Å². The highest BCUT2D eigenvalue weighted by molar-refractivity contribution is 5.90. The number of ether oxygens (including phenoxy) is 1. The van der Waals surface area contributed by atoms with Crippen LogP contribution in [0.15, 0.2) is 23.8 Å². The second-order valence-corrected chi connectivity index (χ2v) is 8.66. The number of carbonyl (C=O) groups is 2. The van der Waals surface area contributed by atoms with E-state index in [1.807, 2.05) is 6.08 Å². The third-order valence-corrected chi connectivity index (χ3v) is 6.49. The number of hydrogen-bond acceptors (Lipinski definition) is 4. The minimum atomic E-state index is -1.02. The predicted octanol–water partition coefficient (Wildman–Crippen LogP) is 3.55. The van der Waals surface area contributed by atoms with Crippen molar-refractivity contribution in [3.8, 4) is 0 Å². The van der Waals surface area contributed by atoms with Gasteiger partial charge in [-0.15, -0.1) is 0 Å². The zero-order valence-corrected chi connectivity index (χ0v) is 14.9. The highest BCUT2D eigenvalue weighted by Crippen LogP contribution is 2.60. The third kappa shape index (κ3) is 2.75. The molecule has 4 atom stereocenters. The lowest BCUT2D eigenvalue weighted by atomic mass is 9.47. The minimum absolute atomic E-state index is 0.0126. The van der Waals surface area contributed by atoms with Crippen molar-refractivity contribution in [1.29, 1.82) is 0 Å². The van der Waals surface area contributed by atoms with Gasteiger partial charge in [0.2, 0.25) is 6.29 Å². The summed E-state index contributed by atoms with van der Waals surface area (Å²) in [5, 5.41) is 9.45. The van der Waals surface area contributed by atoms with E-state index in [1.165, 1.54) is 0 Å². The van der Waals surface area contributed by atoms with Crippen LogP contribution in [0, 0.1) is 22.7 Å². The molecule has 0 radical (unpaired) electrons. The maximum absolute atomic E-state index is 12.8. The van der Waals surface area contributed by atoms with Gasteiger partial charge in [-0.05, 0) is 36.0 Å². The number of ketones is 1. The van der Waals surface area contributed by atoms with E-state index in [4.69, 9.17) is 4.74 Å². The largest absolute Gasteiger partial charge is 0.432 e. The molecule has 1 saturated heterocycles. The van der Waals surface area contributed by atoms with E-state index >= 15 is 0 Å². The molecule has 1 N–H and O–H groups in total. The lowest BCUT2D eigenvalue weighted by Crippen LogP contribution is -2.53. The number of aliphatic hydroxyl groups excluding tert-OH is 1. The first kappa shape index (κ1) is 17.4. The Bertz CT molecular complexity index is 615. The normalized spacial score (nSPS) is 40.6. The molecule has 2 aliphatic carbocycles. The predicted molar refractivity (Wildman–Crippen MR) is 90.9 cm³/mol. The van der Waals surface area contributed by atoms with Crippen molar-refractivity contribution in [3.05, 3.63) is 23.8 Å². The van der Waals surface area contributed by atoms with Gasteiger partial charge in [-0.3, -0.25) is 4.79 Å². The summed E-state index contributed by atoms with van der Waals surface area (Å²) in [4.78, 5) is 24.5. The molecule has 1 aliphatic heterocycles. The Hall–Kier alpha value is -1.42. The van der Waals surface area contributed by atoms with E-state index in [0.29, 0.717) is 24.2 Å². The first-order valence-corrected chi connectivity index (χ1v) is 8.93. The average molecular weight is 332 g/mol. The van der Waals surface area contributed by atoms with Gasteiger partial charge >= 0.3 is 5.97 Å². The van der Waals surface area contributed by atoms with Gasteiger partial charge in [-0.1, -0.05) is 45.4 Å². The highest BCUT2D eigenvalue weighted by Gasteiger charge is 2.56. The van der Waals surface area contributed by atoms with E-state index in [2.05, 4.69) is 27.4 Å². The quantitative estimate of drug-likeness (QED) is 0.477. The van der Waals surface area contributed by atoms with Gasteiger partial charge in [0.25, 0.3) is 0 Å². The van der Waals surface area contributed by atoms with E-state index in [9.17, 15) is 14.7 Å². The fourth-order valence-electron chi connectivity index (χ4n) is 5.58. The molecule has 0 amide bonds. The highest BCUT2D eigenvalue weighted by atomic mass is 16.6. The number of fused-ring (bicyclic) bond motifs is 1. The number of esters is 1. The fourth-order valence-corrected chi connectivity index (χ4v) is 5.58. The van der Waals surface area contributed by atoms with Crippen LogP contribution in [-0.4, -0.2) is 23.1 Å². The molecule has 24 heavy (non-hydrogen) atoms. The van der Waals surface area contributed by atoms with Crippen LogP contribution in [0.1, 0.15) is 59.3 Å². The smallest absolute Gasteiger partial charge is 0.336 e. The van der Waals surface area contributed by atoms with Gasteiger partial charge < -0.3 is 9.84 Å². The molecule has 0 unspecified atom stereocenters. The Labute approximate surface area is 144 Å². The van der Waals surface area contributed by atoms with Crippen molar-refractivity contribution >= 4 is 11.8 Å². The lowest BCUT2D eigenvalue weighted by molar-refractivity contribution is -0.152. The molecule has 3 rings (SSSR count). The first-order valence-electron chi connectivity index (χ1n) is 8.93. The number of cyclic esters (lactones) is 1. The van der Waals surface area contributed by atoms with E-state index < -0.39 is 12.3 Å². The van der Waals surface area contributed by atoms with Crippen molar-refractivity contribution in [3.63, 3.8) is 0 Å². The summed E-state index contributed by atoms with van der Waals surface area (Å²) < 4.78 is 4.79. The molecular formula is C20H28O4. The maximum Gasteiger partial charge on any atom is 0.336 e. The number of allylic oxidation sites excluding steroid dienone is 2. The number of hydrogen-bond donors (Lipinski definition) is 1. The second-order valence-electron chi connectivity index (χ2n) is 8.66. The van der Waals surface area contributed by atoms with Gasteiger partial charge in [0.05, 0.1) is 0 Å². The van der Waals surface area contributed by atoms with Gasteiger partial charge in [0.1, 0.15) is 5.78 Å².